The molecule has 0 spiro atoms. The number of ether oxygens (including phenoxy) is 1. The second-order valence-electron chi connectivity index (χ2n) is 9.12. The number of nitrogens with one attached hydrogen (secondary N) is 2. The zero-order valence-corrected chi connectivity index (χ0v) is 22.1. The molecule has 0 aliphatic carbocycles. The van der Waals surface area contributed by atoms with Gasteiger partial charge in [-0.25, -0.2) is 9.97 Å². The molecule has 4 heterocycles. The highest BCUT2D eigenvalue weighted by Crippen LogP contribution is 2.36. The van der Waals surface area contributed by atoms with Gasteiger partial charge in [-0.2, -0.15) is 0 Å². The fraction of sp³-hybridized carbons (Fsp3) is 0.100. The van der Waals surface area contributed by atoms with Crippen LogP contribution in [0.5, 0.6) is 5.75 Å². The van der Waals surface area contributed by atoms with Crippen LogP contribution in [0.4, 0.5) is 5.82 Å². The number of halogens is 1. The van der Waals surface area contributed by atoms with E-state index in [-0.39, 0.29) is 17.6 Å². The van der Waals surface area contributed by atoms with E-state index in [1.807, 2.05) is 55.5 Å². The molecule has 198 valence electrons. The Morgan fingerprint density at radius 1 is 0.950 bits per heavy atom. The van der Waals surface area contributed by atoms with E-state index in [1.54, 1.807) is 29.0 Å². The number of hydrogen-bond acceptors (Lipinski definition) is 7. The number of anilines is 1. The number of fused-ring (bicyclic) bond motifs is 2. The van der Waals surface area contributed by atoms with Crippen molar-refractivity contribution in [3.8, 4) is 11.4 Å². The molecule has 0 bridgehead atoms. The summed E-state index contributed by atoms with van der Waals surface area (Å²) in [5.74, 6) is 0.732. The van der Waals surface area contributed by atoms with Crippen LogP contribution in [0.1, 0.15) is 24.4 Å². The van der Waals surface area contributed by atoms with Gasteiger partial charge in [0, 0.05) is 29.5 Å². The summed E-state index contributed by atoms with van der Waals surface area (Å²) in [7, 11) is 0. The molecule has 2 aromatic carbocycles. The molecule has 9 nitrogen and oxygen atoms in total. The van der Waals surface area contributed by atoms with E-state index in [9.17, 15) is 9.59 Å². The molecule has 1 atom stereocenters. The summed E-state index contributed by atoms with van der Waals surface area (Å²) >= 11 is 7.10. The van der Waals surface area contributed by atoms with Gasteiger partial charge in [0.2, 0.25) is 0 Å². The van der Waals surface area contributed by atoms with Crippen LogP contribution in [-0.2, 0) is 6.61 Å². The molecule has 0 aliphatic heterocycles. The van der Waals surface area contributed by atoms with Crippen LogP contribution in [0.2, 0.25) is 5.02 Å². The van der Waals surface area contributed by atoms with Crippen molar-refractivity contribution in [2.24, 2.45) is 0 Å². The number of para-hydroxylation sites is 1. The molecule has 0 amide bonds. The molecule has 2 N–H and O–H groups in total. The Morgan fingerprint density at radius 2 is 1.77 bits per heavy atom. The number of nitrogens with zero attached hydrogens (tertiary/aromatic N) is 4. The Labute approximate surface area is 233 Å². The minimum atomic E-state index is -0.541. The molecule has 0 aliphatic rings. The molecule has 0 saturated heterocycles. The molecular weight excluding hydrogens is 528 g/mol. The quantitative estimate of drug-likeness (QED) is 0.272. The minimum Gasteiger partial charge on any atom is -0.486 e. The van der Waals surface area contributed by atoms with Gasteiger partial charge in [0.15, 0.2) is 5.43 Å². The Hall–Kier alpha value is -5.02. The topological polar surface area (TPSA) is 115 Å². The summed E-state index contributed by atoms with van der Waals surface area (Å²) in [5.41, 5.74) is 1.74. The first-order valence-electron chi connectivity index (χ1n) is 12.6. The maximum Gasteiger partial charge on any atom is 0.267 e. The lowest BCUT2D eigenvalue weighted by molar-refractivity contribution is 0.305. The Bertz CT molecular complexity index is 1950. The van der Waals surface area contributed by atoms with Gasteiger partial charge >= 0.3 is 0 Å². The van der Waals surface area contributed by atoms with Crippen molar-refractivity contribution in [1.29, 1.82) is 0 Å². The monoisotopic (exact) mass is 550 g/mol. The van der Waals surface area contributed by atoms with Crippen molar-refractivity contribution < 1.29 is 4.74 Å². The standard InChI is InChI=1S/C30H23ClN6O3/c1-18(36-29-25-22(38)13-15-33-28(25)34-17-35-29)27-26(31)21-11-7-12-23(40-16-19-8-5-6-14-32-19)24(21)30(39)37(27)20-9-3-2-4-10-20/h2-15,17-18H,16H2,1H3,(H2,33,34,35,36,38)/t18-/m0/s1. The predicted molar refractivity (Wildman–Crippen MR) is 155 cm³/mol. The van der Waals surface area contributed by atoms with Gasteiger partial charge in [0.25, 0.3) is 5.56 Å². The van der Waals surface area contributed by atoms with Crippen LogP contribution >= 0.6 is 11.6 Å². The SMILES string of the molecule is C[C@H](Nc1ncnc2[nH]ccc(=O)c12)c1c(Cl)c2cccc(OCc3ccccn3)c2c(=O)n1-c1ccccc1. The molecule has 0 unspecified atom stereocenters. The molecule has 40 heavy (non-hydrogen) atoms. The molecule has 0 fully saturated rings. The highest BCUT2D eigenvalue weighted by Gasteiger charge is 2.24. The van der Waals surface area contributed by atoms with Gasteiger partial charge in [0.1, 0.15) is 35.5 Å². The zero-order valence-electron chi connectivity index (χ0n) is 21.3. The second kappa shape index (κ2) is 10.6. The molecule has 0 saturated carbocycles. The smallest absolute Gasteiger partial charge is 0.267 e. The summed E-state index contributed by atoms with van der Waals surface area (Å²) in [4.78, 5) is 42.7. The third kappa shape index (κ3) is 4.56. The van der Waals surface area contributed by atoms with E-state index in [0.29, 0.717) is 49.8 Å². The average molecular weight is 551 g/mol. The van der Waals surface area contributed by atoms with E-state index in [4.69, 9.17) is 16.3 Å². The minimum absolute atomic E-state index is 0.192. The number of pyridine rings is 3. The second-order valence-corrected chi connectivity index (χ2v) is 9.50. The van der Waals surface area contributed by atoms with E-state index >= 15 is 0 Å². The lowest BCUT2D eigenvalue weighted by Crippen LogP contribution is -2.27. The Morgan fingerprint density at radius 3 is 2.58 bits per heavy atom. The van der Waals surface area contributed by atoms with Crippen LogP contribution in [-0.4, -0.2) is 24.5 Å². The molecule has 10 heteroatoms. The first-order chi connectivity index (χ1) is 19.5. The number of aromatic amines is 1. The number of rotatable bonds is 7. The molecule has 4 aromatic heterocycles. The van der Waals surface area contributed by atoms with E-state index < -0.39 is 6.04 Å². The van der Waals surface area contributed by atoms with Crippen LogP contribution in [0.15, 0.2) is 101 Å². The zero-order chi connectivity index (χ0) is 27.6. The first kappa shape index (κ1) is 25.3. The van der Waals surface area contributed by atoms with Crippen LogP contribution in [0.25, 0.3) is 27.5 Å². The molecule has 0 radical (unpaired) electrons. The van der Waals surface area contributed by atoms with Crippen LogP contribution < -0.4 is 21.0 Å². The summed E-state index contributed by atoms with van der Waals surface area (Å²) in [6, 6.07) is 21.0. The normalized spacial score (nSPS) is 11.9. The van der Waals surface area contributed by atoms with E-state index in [1.165, 1.54) is 18.6 Å². The van der Waals surface area contributed by atoms with Gasteiger partial charge in [-0.3, -0.25) is 19.1 Å². The van der Waals surface area contributed by atoms with Crippen molar-refractivity contribution in [3.05, 3.63) is 129 Å². The number of hydrogen-bond donors (Lipinski definition) is 2. The summed E-state index contributed by atoms with van der Waals surface area (Å²) < 4.78 is 7.66. The van der Waals surface area contributed by atoms with Crippen molar-refractivity contribution in [2.45, 2.75) is 19.6 Å². The lowest BCUT2D eigenvalue weighted by atomic mass is 10.1. The van der Waals surface area contributed by atoms with Gasteiger partial charge in [-0.05, 0) is 37.3 Å². The number of benzene rings is 2. The van der Waals surface area contributed by atoms with Gasteiger partial charge in [-0.1, -0.05) is 48.0 Å². The Balaban J connectivity index is 1.52. The third-order valence-corrected chi connectivity index (χ3v) is 6.97. The van der Waals surface area contributed by atoms with Gasteiger partial charge in [-0.15, -0.1) is 0 Å². The van der Waals surface area contributed by atoms with Crippen LogP contribution in [0, 0.1) is 0 Å². The van der Waals surface area contributed by atoms with Crippen molar-refractivity contribution >= 4 is 39.2 Å². The van der Waals surface area contributed by atoms with Crippen molar-refractivity contribution in [3.63, 3.8) is 0 Å². The van der Waals surface area contributed by atoms with Crippen molar-refractivity contribution in [2.75, 3.05) is 5.32 Å². The highest BCUT2D eigenvalue weighted by atomic mass is 35.5. The fourth-order valence-corrected chi connectivity index (χ4v) is 5.16. The van der Waals surface area contributed by atoms with Gasteiger partial charge < -0.3 is 15.0 Å². The average Bonchev–Trinajstić information content (AvgIpc) is 2.98. The first-order valence-corrected chi connectivity index (χ1v) is 12.9. The lowest BCUT2D eigenvalue weighted by Gasteiger charge is -2.24. The van der Waals surface area contributed by atoms with E-state index in [2.05, 4.69) is 25.3 Å². The number of H-pyrrole nitrogens is 1. The van der Waals surface area contributed by atoms with Gasteiger partial charge in [0.05, 0.1) is 27.8 Å². The largest absolute Gasteiger partial charge is 0.486 e. The maximum absolute atomic E-state index is 14.3. The summed E-state index contributed by atoms with van der Waals surface area (Å²) in [6.45, 7) is 2.05. The van der Waals surface area contributed by atoms with Crippen LogP contribution in [0.3, 0.4) is 0 Å². The molecule has 6 rings (SSSR count). The number of aromatic nitrogens is 5. The third-order valence-electron chi connectivity index (χ3n) is 6.57. The summed E-state index contributed by atoms with van der Waals surface area (Å²) in [6.07, 6.45) is 4.59. The Kier molecular flexibility index (Phi) is 6.71. The highest BCUT2D eigenvalue weighted by molar-refractivity contribution is 6.36. The maximum atomic E-state index is 14.3. The van der Waals surface area contributed by atoms with Crippen molar-refractivity contribution in [1.82, 2.24) is 24.5 Å². The molecular formula is C30H23ClN6O3. The van der Waals surface area contributed by atoms with E-state index in [0.717, 1.165) is 5.69 Å². The summed E-state index contributed by atoms with van der Waals surface area (Å²) in [5, 5.41) is 4.87. The fourth-order valence-electron chi connectivity index (χ4n) is 4.76. The predicted octanol–water partition coefficient (Wildman–Crippen LogP) is 5.42. The molecule has 6 aromatic rings.